The molecule has 3 rings (SSSR count). The molecule has 0 spiro atoms. The van der Waals surface area contributed by atoms with Crippen LogP contribution in [0.3, 0.4) is 0 Å². The van der Waals surface area contributed by atoms with Crippen LogP contribution >= 0.6 is 46.1 Å². The van der Waals surface area contributed by atoms with Gasteiger partial charge in [0.2, 0.25) is 5.91 Å². The monoisotopic (exact) mass is 383 g/mol. The van der Waals surface area contributed by atoms with E-state index in [9.17, 15) is 4.79 Å². The Bertz CT molecular complexity index is 891. The lowest BCUT2D eigenvalue weighted by atomic mass is 9.94. The van der Waals surface area contributed by atoms with Crippen LogP contribution in [0.2, 0.25) is 15.1 Å². The topological polar surface area (TPSA) is 43.1 Å². The summed E-state index contributed by atoms with van der Waals surface area (Å²) in [5.74, 6) is -0.841. The standard InChI is InChI=1S/C17H12Cl3NOS/c18-11-3-1-10-5-12(23-16(10)7-11)8-13(17(21)22)9-2-4-14(19)15(20)6-9/h1-7,13H,8H2,(H2,21,22). The molecule has 118 valence electrons. The predicted molar refractivity (Wildman–Crippen MR) is 98.9 cm³/mol. The van der Waals surface area contributed by atoms with Gasteiger partial charge in [0.1, 0.15) is 0 Å². The molecule has 0 aliphatic carbocycles. The van der Waals surface area contributed by atoms with Gasteiger partial charge in [0, 0.05) is 14.6 Å². The third kappa shape index (κ3) is 3.64. The molecule has 23 heavy (non-hydrogen) atoms. The van der Waals surface area contributed by atoms with Crippen LogP contribution in [0.5, 0.6) is 0 Å². The van der Waals surface area contributed by atoms with E-state index in [1.807, 2.05) is 18.2 Å². The van der Waals surface area contributed by atoms with Crippen LogP contribution in [0, 0.1) is 0 Å². The first kappa shape index (κ1) is 16.6. The largest absolute Gasteiger partial charge is 0.369 e. The van der Waals surface area contributed by atoms with Gasteiger partial charge in [0.15, 0.2) is 0 Å². The van der Waals surface area contributed by atoms with Gasteiger partial charge >= 0.3 is 0 Å². The molecule has 2 aromatic carbocycles. The molecule has 0 bridgehead atoms. The number of hydrogen-bond donors (Lipinski definition) is 1. The van der Waals surface area contributed by atoms with Crippen LogP contribution in [-0.4, -0.2) is 5.91 Å². The third-order valence-corrected chi connectivity index (χ3v) is 5.72. The van der Waals surface area contributed by atoms with E-state index in [1.54, 1.807) is 29.5 Å². The van der Waals surface area contributed by atoms with Crippen LogP contribution < -0.4 is 5.73 Å². The van der Waals surface area contributed by atoms with E-state index in [0.717, 1.165) is 20.5 Å². The molecular weight excluding hydrogens is 373 g/mol. The molecule has 0 aliphatic rings. The number of halogens is 3. The van der Waals surface area contributed by atoms with Crippen molar-refractivity contribution in [2.45, 2.75) is 12.3 Å². The lowest BCUT2D eigenvalue weighted by Crippen LogP contribution is -2.23. The fourth-order valence-electron chi connectivity index (χ4n) is 2.47. The van der Waals surface area contributed by atoms with Crippen molar-refractivity contribution in [1.29, 1.82) is 0 Å². The van der Waals surface area contributed by atoms with Crippen LogP contribution in [0.1, 0.15) is 16.4 Å². The van der Waals surface area contributed by atoms with Gasteiger partial charge < -0.3 is 5.73 Å². The number of benzene rings is 2. The Balaban J connectivity index is 1.94. The Morgan fingerprint density at radius 2 is 1.83 bits per heavy atom. The Labute approximate surface area is 152 Å². The van der Waals surface area contributed by atoms with Gasteiger partial charge in [-0.05, 0) is 47.7 Å². The van der Waals surface area contributed by atoms with Crippen molar-refractivity contribution in [3.8, 4) is 0 Å². The van der Waals surface area contributed by atoms with Crippen LogP contribution in [0.4, 0.5) is 0 Å². The van der Waals surface area contributed by atoms with Crippen LogP contribution in [0.15, 0.2) is 42.5 Å². The number of hydrogen-bond acceptors (Lipinski definition) is 2. The van der Waals surface area contributed by atoms with Gasteiger partial charge in [0.25, 0.3) is 0 Å². The van der Waals surface area contributed by atoms with Gasteiger partial charge in [0.05, 0.1) is 16.0 Å². The molecule has 1 amide bonds. The predicted octanol–water partition coefficient (Wildman–Crippen LogP) is 5.67. The molecule has 0 radical (unpaired) electrons. The Morgan fingerprint density at radius 3 is 2.52 bits per heavy atom. The van der Waals surface area contributed by atoms with E-state index >= 15 is 0 Å². The maximum atomic E-state index is 11.9. The number of thiophene rings is 1. The van der Waals surface area contributed by atoms with Gasteiger partial charge in [-0.2, -0.15) is 0 Å². The smallest absolute Gasteiger partial charge is 0.225 e. The lowest BCUT2D eigenvalue weighted by Gasteiger charge is -2.13. The highest BCUT2D eigenvalue weighted by Gasteiger charge is 2.20. The normalized spacial score (nSPS) is 12.5. The van der Waals surface area contributed by atoms with Gasteiger partial charge in [-0.15, -0.1) is 11.3 Å². The summed E-state index contributed by atoms with van der Waals surface area (Å²) in [6.07, 6.45) is 0.518. The molecule has 1 heterocycles. The van der Waals surface area contributed by atoms with Crippen molar-refractivity contribution in [3.63, 3.8) is 0 Å². The number of fused-ring (bicyclic) bond motifs is 1. The van der Waals surface area contributed by atoms with Gasteiger partial charge in [-0.1, -0.05) is 46.9 Å². The Morgan fingerprint density at radius 1 is 1.04 bits per heavy atom. The fraction of sp³-hybridized carbons (Fsp3) is 0.118. The maximum Gasteiger partial charge on any atom is 0.225 e. The van der Waals surface area contributed by atoms with Gasteiger partial charge in [-0.3, -0.25) is 4.79 Å². The number of nitrogens with two attached hydrogens (primary N) is 1. The number of carbonyl (C=O) groups is 1. The summed E-state index contributed by atoms with van der Waals surface area (Å²) < 4.78 is 1.09. The molecule has 1 aromatic heterocycles. The second kappa shape index (κ2) is 6.70. The Hall–Kier alpha value is -1.26. The van der Waals surface area contributed by atoms with E-state index in [1.165, 1.54) is 0 Å². The molecule has 0 saturated heterocycles. The summed E-state index contributed by atoms with van der Waals surface area (Å²) in [4.78, 5) is 13.0. The molecule has 2 N–H and O–H groups in total. The second-order valence-electron chi connectivity index (χ2n) is 5.23. The van der Waals surface area contributed by atoms with Crippen molar-refractivity contribution in [2.24, 2.45) is 5.73 Å². The van der Waals surface area contributed by atoms with Gasteiger partial charge in [-0.25, -0.2) is 0 Å². The highest BCUT2D eigenvalue weighted by molar-refractivity contribution is 7.19. The first-order chi connectivity index (χ1) is 10.9. The van der Waals surface area contributed by atoms with Crippen molar-refractivity contribution < 1.29 is 4.79 Å². The first-order valence-electron chi connectivity index (χ1n) is 6.86. The number of primary amides is 1. The number of amides is 1. The van der Waals surface area contributed by atoms with E-state index in [-0.39, 0.29) is 5.91 Å². The maximum absolute atomic E-state index is 11.9. The van der Waals surface area contributed by atoms with E-state index in [2.05, 4.69) is 6.07 Å². The number of carbonyl (C=O) groups excluding carboxylic acids is 1. The fourth-order valence-corrected chi connectivity index (χ4v) is 4.17. The van der Waals surface area contributed by atoms with E-state index in [0.29, 0.717) is 21.5 Å². The summed E-state index contributed by atoms with van der Waals surface area (Å²) in [7, 11) is 0. The molecular formula is C17H12Cl3NOS. The minimum atomic E-state index is -0.451. The Kier molecular flexibility index (Phi) is 4.83. The van der Waals surface area contributed by atoms with E-state index < -0.39 is 5.92 Å². The number of rotatable bonds is 4. The SMILES string of the molecule is NC(=O)C(Cc1cc2ccc(Cl)cc2s1)c1ccc(Cl)c(Cl)c1. The van der Waals surface area contributed by atoms with Crippen molar-refractivity contribution >= 4 is 62.1 Å². The van der Waals surface area contributed by atoms with Crippen LogP contribution in [-0.2, 0) is 11.2 Å². The zero-order valence-electron chi connectivity index (χ0n) is 11.9. The zero-order chi connectivity index (χ0) is 16.6. The summed E-state index contributed by atoms with van der Waals surface area (Å²) in [6, 6.07) is 13.0. The molecule has 1 unspecified atom stereocenters. The molecule has 0 saturated carbocycles. The van der Waals surface area contributed by atoms with Crippen molar-refractivity contribution in [3.05, 3.63) is 68.0 Å². The average molecular weight is 385 g/mol. The lowest BCUT2D eigenvalue weighted by molar-refractivity contribution is -0.119. The minimum absolute atomic E-state index is 0.390. The average Bonchev–Trinajstić information content (AvgIpc) is 2.89. The summed E-state index contributed by atoms with van der Waals surface area (Å²) in [6.45, 7) is 0. The summed E-state index contributed by atoms with van der Waals surface area (Å²) in [5, 5.41) is 2.67. The van der Waals surface area contributed by atoms with E-state index in [4.69, 9.17) is 40.5 Å². The molecule has 0 fully saturated rings. The van der Waals surface area contributed by atoms with Crippen LogP contribution in [0.25, 0.3) is 10.1 Å². The highest BCUT2D eigenvalue weighted by atomic mass is 35.5. The summed E-state index contributed by atoms with van der Waals surface area (Å²) >= 11 is 19.6. The molecule has 2 nitrogen and oxygen atoms in total. The molecule has 0 aliphatic heterocycles. The molecule has 6 heteroatoms. The minimum Gasteiger partial charge on any atom is -0.369 e. The molecule has 1 atom stereocenters. The van der Waals surface area contributed by atoms with Crippen molar-refractivity contribution in [1.82, 2.24) is 0 Å². The summed E-state index contributed by atoms with van der Waals surface area (Å²) in [5.41, 5.74) is 6.36. The van der Waals surface area contributed by atoms with Crippen molar-refractivity contribution in [2.75, 3.05) is 0 Å². The highest BCUT2D eigenvalue weighted by Crippen LogP contribution is 2.33. The third-order valence-electron chi connectivity index (χ3n) is 3.63. The quantitative estimate of drug-likeness (QED) is 0.618. The zero-order valence-corrected chi connectivity index (χ0v) is 14.9. The first-order valence-corrected chi connectivity index (χ1v) is 8.81. The second-order valence-corrected chi connectivity index (χ2v) is 7.65. The molecule has 3 aromatic rings.